The molecule has 36 heavy (non-hydrogen) atoms. The molecule has 4 aliphatic rings. The molecule has 1 amide bonds. The molecule has 1 atom stereocenters. The fourth-order valence-electron chi connectivity index (χ4n) is 6.42. The van der Waals surface area contributed by atoms with Gasteiger partial charge in [0.2, 0.25) is 0 Å². The molecule has 0 N–H and O–H groups in total. The summed E-state index contributed by atoms with van der Waals surface area (Å²) >= 11 is 0. The minimum absolute atomic E-state index is 0.174. The summed E-state index contributed by atoms with van der Waals surface area (Å²) in [6.07, 6.45) is 6.64. The Kier molecular flexibility index (Phi) is 6.99. The summed E-state index contributed by atoms with van der Waals surface area (Å²) in [5.74, 6) is 0.594. The van der Waals surface area contributed by atoms with Crippen molar-refractivity contribution in [1.29, 1.82) is 0 Å². The molecule has 0 aromatic heterocycles. The number of rotatable bonds is 3. The number of hydrogen-bond acceptors (Lipinski definition) is 5. The van der Waals surface area contributed by atoms with Gasteiger partial charge in [-0.25, -0.2) is 4.79 Å². The van der Waals surface area contributed by atoms with Crippen LogP contribution in [0.4, 0.5) is 4.79 Å². The molecule has 4 saturated heterocycles. The van der Waals surface area contributed by atoms with Gasteiger partial charge in [0.1, 0.15) is 11.2 Å². The Balaban J connectivity index is 1.20. The standard InChI is InChI=1S/C30H44N2O4/c1-20-13-27(26(22(3)21(20)2)14-23-9-12-34-16-23)24-7-10-31(11-8-24)25-15-30(35-17-25)18-32(19-30)28(33)36-29(4,5)6/h13-14,24-25H,7-12,15-19H2,1-6H3/b23-14+/t25-/m0/s1. The number of benzene rings is 1. The lowest BCUT2D eigenvalue weighted by molar-refractivity contribution is -0.109. The number of carbonyl (C=O) groups excluding carboxylic acids is 1. The van der Waals surface area contributed by atoms with Crippen LogP contribution in [-0.4, -0.2) is 79.1 Å². The van der Waals surface area contributed by atoms with E-state index in [1.54, 1.807) is 4.90 Å². The van der Waals surface area contributed by atoms with Crippen molar-refractivity contribution in [3.63, 3.8) is 0 Å². The summed E-state index contributed by atoms with van der Waals surface area (Å²) in [6.45, 7) is 18.4. The fourth-order valence-corrected chi connectivity index (χ4v) is 6.42. The molecule has 1 aromatic rings. The van der Waals surface area contributed by atoms with Crippen LogP contribution in [0.25, 0.3) is 6.08 Å². The molecule has 198 valence electrons. The average molecular weight is 497 g/mol. The van der Waals surface area contributed by atoms with Crippen LogP contribution in [0.15, 0.2) is 11.6 Å². The zero-order valence-electron chi connectivity index (χ0n) is 23.1. The van der Waals surface area contributed by atoms with Gasteiger partial charge in [0, 0.05) is 6.04 Å². The summed E-state index contributed by atoms with van der Waals surface area (Å²) in [4.78, 5) is 16.8. The first-order valence-electron chi connectivity index (χ1n) is 13.8. The lowest BCUT2D eigenvalue weighted by Crippen LogP contribution is -2.64. The highest BCUT2D eigenvalue weighted by molar-refractivity contribution is 5.69. The molecular formula is C30H44N2O4. The van der Waals surface area contributed by atoms with E-state index in [1.165, 1.54) is 46.2 Å². The van der Waals surface area contributed by atoms with Gasteiger partial charge in [-0.3, -0.25) is 4.90 Å². The first-order chi connectivity index (χ1) is 17.0. The first kappa shape index (κ1) is 25.7. The van der Waals surface area contributed by atoms with E-state index >= 15 is 0 Å². The van der Waals surface area contributed by atoms with Crippen molar-refractivity contribution in [3.05, 3.63) is 39.5 Å². The van der Waals surface area contributed by atoms with E-state index < -0.39 is 5.60 Å². The maximum atomic E-state index is 12.4. The van der Waals surface area contributed by atoms with Gasteiger partial charge in [-0.05, 0) is 120 Å². The average Bonchev–Trinajstić information content (AvgIpc) is 3.48. The maximum Gasteiger partial charge on any atom is 0.410 e. The fraction of sp³-hybridized carbons (Fsp3) is 0.700. The van der Waals surface area contributed by atoms with E-state index in [-0.39, 0.29) is 11.7 Å². The van der Waals surface area contributed by atoms with Crippen LogP contribution in [0.1, 0.15) is 80.2 Å². The van der Waals surface area contributed by atoms with Gasteiger partial charge < -0.3 is 19.1 Å². The molecule has 0 radical (unpaired) electrons. The van der Waals surface area contributed by atoms with Gasteiger partial charge in [-0.1, -0.05) is 12.1 Å². The number of nitrogens with zero attached hydrogens (tertiary/aromatic N) is 2. The Bertz CT molecular complexity index is 1020. The zero-order valence-corrected chi connectivity index (χ0v) is 23.1. The van der Waals surface area contributed by atoms with Crippen LogP contribution in [-0.2, 0) is 14.2 Å². The lowest BCUT2D eigenvalue weighted by atomic mass is 9.81. The van der Waals surface area contributed by atoms with Crippen LogP contribution in [0, 0.1) is 20.8 Å². The van der Waals surface area contributed by atoms with Crippen molar-refractivity contribution < 1.29 is 19.0 Å². The molecule has 4 aliphatic heterocycles. The van der Waals surface area contributed by atoms with E-state index in [0.29, 0.717) is 25.0 Å². The molecule has 1 spiro atoms. The van der Waals surface area contributed by atoms with Crippen LogP contribution in [0.2, 0.25) is 0 Å². The van der Waals surface area contributed by atoms with Gasteiger partial charge >= 0.3 is 6.09 Å². The Labute approximate surface area is 216 Å². The van der Waals surface area contributed by atoms with Gasteiger partial charge in [-0.2, -0.15) is 0 Å². The van der Waals surface area contributed by atoms with E-state index in [9.17, 15) is 4.79 Å². The normalized spacial score (nSPS) is 26.1. The van der Waals surface area contributed by atoms with Gasteiger partial charge in [0.25, 0.3) is 0 Å². The zero-order chi connectivity index (χ0) is 25.7. The highest BCUT2D eigenvalue weighted by Crippen LogP contribution is 2.41. The SMILES string of the molecule is Cc1cc(C2CCN([C@@H]3COC4(C3)CN(C(=O)OC(C)(C)C)C4)CC2)c(/C=C2\CCOC2)c(C)c1C. The number of piperidine rings is 1. The Morgan fingerprint density at radius 3 is 2.50 bits per heavy atom. The molecule has 0 aliphatic carbocycles. The van der Waals surface area contributed by atoms with Crippen LogP contribution in [0.3, 0.4) is 0 Å². The molecule has 4 fully saturated rings. The topological polar surface area (TPSA) is 51.2 Å². The number of likely N-dealkylation sites (tertiary alicyclic amines) is 2. The highest BCUT2D eigenvalue weighted by atomic mass is 16.6. The Morgan fingerprint density at radius 2 is 1.86 bits per heavy atom. The van der Waals surface area contributed by atoms with Crippen LogP contribution in [0.5, 0.6) is 0 Å². The molecule has 4 heterocycles. The van der Waals surface area contributed by atoms with Crippen molar-refractivity contribution >= 4 is 12.2 Å². The number of ether oxygens (including phenoxy) is 3. The number of aryl methyl sites for hydroxylation is 1. The predicted molar refractivity (Wildman–Crippen MR) is 143 cm³/mol. The third-order valence-electron chi connectivity index (χ3n) is 8.73. The molecular weight excluding hydrogens is 452 g/mol. The van der Waals surface area contributed by atoms with Gasteiger partial charge in [0.15, 0.2) is 0 Å². The minimum atomic E-state index is -0.459. The summed E-state index contributed by atoms with van der Waals surface area (Å²) in [7, 11) is 0. The Morgan fingerprint density at radius 1 is 1.14 bits per heavy atom. The summed E-state index contributed by atoms with van der Waals surface area (Å²) in [5.41, 5.74) is 8.01. The molecule has 0 saturated carbocycles. The number of carbonyl (C=O) groups is 1. The van der Waals surface area contributed by atoms with Crippen molar-refractivity contribution in [2.75, 3.05) is 46.0 Å². The van der Waals surface area contributed by atoms with Crippen LogP contribution < -0.4 is 0 Å². The molecule has 6 nitrogen and oxygen atoms in total. The van der Waals surface area contributed by atoms with Crippen molar-refractivity contribution in [3.8, 4) is 0 Å². The number of amides is 1. The first-order valence-corrected chi connectivity index (χ1v) is 13.8. The molecule has 1 aromatic carbocycles. The number of hydrogen-bond donors (Lipinski definition) is 0. The van der Waals surface area contributed by atoms with Crippen LogP contribution >= 0.6 is 0 Å². The van der Waals surface area contributed by atoms with Crippen molar-refractivity contribution in [1.82, 2.24) is 9.80 Å². The highest BCUT2D eigenvalue weighted by Gasteiger charge is 2.53. The van der Waals surface area contributed by atoms with Crippen molar-refractivity contribution in [2.45, 2.75) is 90.4 Å². The summed E-state index contributed by atoms with van der Waals surface area (Å²) in [5, 5.41) is 0. The largest absolute Gasteiger partial charge is 0.444 e. The predicted octanol–water partition coefficient (Wildman–Crippen LogP) is 5.37. The minimum Gasteiger partial charge on any atom is -0.444 e. The monoisotopic (exact) mass is 496 g/mol. The lowest BCUT2D eigenvalue weighted by Gasteiger charge is -2.47. The summed E-state index contributed by atoms with van der Waals surface area (Å²) in [6, 6.07) is 2.91. The maximum absolute atomic E-state index is 12.4. The third kappa shape index (κ3) is 5.23. The van der Waals surface area contributed by atoms with Crippen molar-refractivity contribution in [2.24, 2.45) is 0 Å². The summed E-state index contributed by atoms with van der Waals surface area (Å²) < 4.78 is 17.5. The quantitative estimate of drug-likeness (QED) is 0.563. The molecule has 6 heteroatoms. The van der Waals surface area contributed by atoms with Gasteiger partial charge in [0.05, 0.1) is 32.9 Å². The third-order valence-corrected chi connectivity index (χ3v) is 8.73. The van der Waals surface area contributed by atoms with E-state index in [0.717, 1.165) is 45.8 Å². The van der Waals surface area contributed by atoms with E-state index in [4.69, 9.17) is 14.2 Å². The van der Waals surface area contributed by atoms with E-state index in [1.807, 2.05) is 20.8 Å². The molecule has 0 unspecified atom stereocenters. The van der Waals surface area contributed by atoms with E-state index in [2.05, 4.69) is 37.8 Å². The molecule has 5 rings (SSSR count). The second-order valence-electron chi connectivity index (χ2n) is 12.6. The Hall–Kier alpha value is -1.89. The second-order valence-corrected chi connectivity index (χ2v) is 12.6. The smallest absolute Gasteiger partial charge is 0.410 e. The molecule has 0 bridgehead atoms. The van der Waals surface area contributed by atoms with Gasteiger partial charge in [-0.15, -0.1) is 0 Å². The second kappa shape index (κ2) is 9.77.